The number of nitrogens with two attached hydrogens (primary N) is 2. The van der Waals surface area contributed by atoms with Crippen LogP contribution >= 0.6 is 23.1 Å². The fourth-order valence-electron chi connectivity index (χ4n) is 2.32. The zero-order chi connectivity index (χ0) is 21.7. The number of guanidine groups is 1. The summed E-state index contributed by atoms with van der Waals surface area (Å²) in [6, 6.07) is 10.1. The number of aromatic nitrogens is 1. The summed E-state index contributed by atoms with van der Waals surface area (Å²) in [7, 11) is -3.71. The highest BCUT2D eigenvalue weighted by Gasteiger charge is 2.16. The summed E-state index contributed by atoms with van der Waals surface area (Å²) in [6.45, 7) is 2.06. The molecule has 3 rings (SSSR count). The molecule has 158 valence electrons. The van der Waals surface area contributed by atoms with E-state index in [1.54, 1.807) is 48.0 Å². The summed E-state index contributed by atoms with van der Waals surface area (Å²) in [5.41, 5.74) is 12.3. The molecule has 0 amide bonds. The van der Waals surface area contributed by atoms with Crippen molar-refractivity contribution in [2.75, 3.05) is 6.26 Å². The largest absolute Gasteiger partial charge is 0.457 e. The van der Waals surface area contributed by atoms with Gasteiger partial charge in [-0.2, -0.15) is 4.99 Å². The van der Waals surface area contributed by atoms with E-state index < -0.39 is 10.0 Å². The van der Waals surface area contributed by atoms with Gasteiger partial charge in [-0.3, -0.25) is 9.71 Å². The number of hydrogen-bond acceptors (Lipinski definition) is 8. The third-order valence-electron chi connectivity index (χ3n) is 3.76. The van der Waals surface area contributed by atoms with Crippen molar-refractivity contribution in [3.05, 3.63) is 53.1 Å². The molecule has 0 atom stereocenters. The Balaban J connectivity index is 1.70. The second-order valence-electron chi connectivity index (χ2n) is 6.06. The average molecular weight is 465 g/mol. The SMILES string of the molecule is CSC(=NCc1ccc(-c2csc(N=C(N)N)n2)o1)NS(=O)(=O)c1ccc(C)cc1. The molecule has 2 aromatic heterocycles. The number of thioether (sulfide) groups is 1. The highest BCUT2D eigenvalue weighted by molar-refractivity contribution is 8.14. The molecule has 0 radical (unpaired) electrons. The van der Waals surface area contributed by atoms with Gasteiger partial charge in [0.15, 0.2) is 16.9 Å². The smallest absolute Gasteiger partial charge is 0.263 e. The Morgan fingerprint density at radius 2 is 1.97 bits per heavy atom. The molecule has 0 aliphatic heterocycles. The molecule has 1 aromatic carbocycles. The number of sulfonamides is 1. The van der Waals surface area contributed by atoms with Gasteiger partial charge in [-0.25, -0.2) is 13.4 Å². The van der Waals surface area contributed by atoms with Gasteiger partial charge in [0.2, 0.25) is 5.13 Å². The van der Waals surface area contributed by atoms with Crippen LogP contribution in [0, 0.1) is 6.92 Å². The molecular weight excluding hydrogens is 444 g/mol. The third-order valence-corrected chi connectivity index (χ3v) is 6.59. The van der Waals surface area contributed by atoms with E-state index in [4.69, 9.17) is 15.9 Å². The molecule has 0 bridgehead atoms. The minimum absolute atomic E-state index is 0.0666. The van der Waals surface area contributed by atoms with Crippen molar-refractivity contribution in [3.8, 4) is 11.5 Å². The van der Waals surface area contributed by atoms with Crippen LogP contribution in [0.3, 0.4) is 0 Å². The Bertz CT molecular complexity index is 1180. The number of hydrogen-bond donors (Lipinski definition) is 3. The molecule has 0 spiro atoms. The summed E-state index contributed by atoms with van der Waals surface area (Å²) in [5, 5.41) is 2.46. The van der Waals surface area contributed by atoms with Crippen LogP contribution in [0.25, 0.3) is 11.5 Å². The predicted octanol–water partition coefficient (Wildman–Crippen LogP) is 2.81. The Kier molecular flexibility index (Phi) is 6.80. The lowest BCUT2D eigenvalue weighted by atomic mass is 10.2. The Morgan fingerprint density at radius 3 is 2.63 bits per heavy atom. The average Bonchev–Trinajstić information content (AvgIpc) is 3.34. The van der Waals surface area contributed by atoms with E-state index in [0.717, 1.165) is 5.56 Å². The fraction of sp³-hybridized carbons (Fsp3) is 0.167. The summed E-state index contributed by atoms with van der Waals surface area (Å²) < 4.78 is 33.3. The van der Waals surface area contributed by atoms with E-state index in [9.17, 15) is 8.42 Å². The molecule has 0 fully saturated rings. The van der Waals surface area contributed by atoms with Crippen LogP contribution < -0.4 is 16.2 Å². The summed E-state index contributed by atoms with van der Waals surface area (Å²) in [5.74, 6) is 1.03. The maximum absolute atomic E-state index is 12.5. The summed E-state index contributed by atoms with van der Waals surface area (Å²) in [4.78, 5) is 12.7. The molecule has 9 nitrogen and oxygen atoms in total. The quantitative estimate of drug-likeness (QED) is 0.375. The molecule has 0 unspecified atom stereocenters. The predicted molar refractivity (Wildman–Crippen MR) is 121 cm³/mol. The maximum atomic E-state index is 12.5. The van der Waals surface area contributed by atoms with E-state index >= 15 is 0 Å². The molecule has 12 heteroatoms. The number of benzene rings is 1. The first-order valence-corrected chi connectivity index (χ1v) is 12.2. The van der Waals surface area contributed by atoms with E-state index in [0.29, 0.717) is 22.3 Å². The van der Waals surface area contributed by atoms with Gasteiger partial charge < -0.3 is 15.9 Å². The van der Waals surface area contributed by atoms with Gasteiger partial charge in [-0.1, -0.05) is 29.5 Å². The number of aliphatic imine (C=N–C) groups is 2. The number of furan rings is 1. The monoisotopic (exact) mass is 464 g/mol. The Hall–Kier alpha value is -2.83. The van der Waals surface area contributed by atoms with E-state index in [2.05, 4.69) is 19.7 Å². The number of amidine groups is 1. The van der Waals surface area contributed by atoms with Gasteiger partial charge >= 0.3 is 0 Å². The summed E-state index contributed by atoms with van der Waals surface area (Å²) >= 11 is 2.48. The van der Waals surface area contributed by atoms with Crippen LogP contribution in [0.1, 0.15) is 11.3 Å². The molecule has 3 aromatic rings. The topological polar surface area (TPSA) is 149 Å². The van der Waals surface area contributed by atoms with Crippen molar-refractivity contribution < 1.29 is 12.8 Å². The highest BCUT2D eigenvalue weighted by atomic mass is 32.2. The van der Waals surface area contributed by atoms with Gasteiger partial charge in [0.1, 0.15) is 11.5 Å². The van der Waals surface area contributed by atoms with E-state index in [1.807, 2.05) is 6.92 Å². The number of aryl methyl sites for hydroxylation is 1. The lowest BCUT2D eigenvalue weighted by Crippen LogP contribution is -2.28. The first-order chi connectivity index (χ1) is 14.3. The second-order valence-corrected chi connectivity index (χ2v) is 9.38. The first-order valence-electron chi connectivity index (χ1n) is 8.59. The van der Waals surface area contributed by atoms with Gasteiger partial charge in [-0.15, -0.1) is 11.3 Å². The number of rotatable bonds is 6. The van der Waals surface area contributed by atoms with Gasteiger partial charge in [0.05, 0.1) is 11.4 Å². The lowest BCUT2D eigenvalue weighted by molar-refractivity contribution is 0.524. The Morgan fingerprint density at radius 1 is 1.23 bits per heavy atom. The van der Waals surface area contributed by atoms with Crippen LogP contribution in [-0.2, 0) is 16.6 Å². The van der Waals surface area contributed by atoms with E-state index in [-0.39, 0.29) is 22.6 Å². The van der Waals surface area contributed by atoms with Gasteiger partial charge in [-0.05, 0) is 37.4 Å². The molecular formula is C18H20N6O3S3. The number of thiazole rings is 1. The fourth-order valence-corrected chi connectivity index (χ4v) is 4.78. The van der Waals surface area contributed by atoms with Crippen molar-refractivity contribution in [1.29, 1.82) is 0 Å². The van der Waals surface area contributed by atoms with Crippen LogP contribution in [0.2, 0.25) is 0 Å². The Labute approximate surface area is 182 Å². The zero-order valence-electron chi connectivity index (χ0n) is 16.2. The van der Waals surface area contributed by atoms with Crippen molar-refractivity contribution in [3.63, 3.8) is 0 Å². The van der Waals surface area contributed by atoms with Crippen LogP contribution in [0.4, 0.5) is 5.13 Å². The lowest BCUT2D eigenvalue weighted by Gasteiger charge is -2.09. The first kappa shape index (κ1) is 21.9. The normalized spacial score (nSPS) is 12.0. The molecule has 0 aliphatic rings. The maximum Gasteiger partial charge on any atom is 0.263 e. The molecule has 5 N–H and O–H groups in total. The second kappa shape index (κ2) is 9.32. The molecule has 2 heterocycles. The van der Waals surface area contributed by atoms with Crippen molar-refractivity contribution in [1.82, 2.24) is 9.71 Å². The zero-order valence-corrected chi connectivity index (χ0v) is 18.6. The van der Waals surface area contributed by atoms with Crippen LogP contribution in [0.15, 0.2) is 61.1 Å². The number of nitrogens with zero attached hydrogens (tertiary/aromatic N) is 3. The van der Waals surface area contributed by atoms with Crippen molar-refractivity contribution >= 4 is 49.4 Å². The van der Waals surface area contributed by atoms with Crippen LogP contribution in [-0.4, -0.2) is 30.8 Å². The molecule has 0 saturated carbocycles. The minimum Gasteiger partial charge on any atom is -0.457 e. The van der Waals surface area contributed by atoms with Crippen molar-refractivity contribution in [2.24, 2.45) is 21.5 Å². The van der Waals surface area contributed by atoms with Gasteiger partial charge in [0, 0.05) is 5.38 Å². The van der Waals surface area contributed by atoms with E-state index in [1.165, 1.54) is 23.1 Å². The minimum atomic E-state index is -3.71. The van der Waals surface area contributed by atoms with Crippen LogP contribution in [0.5, 0.6) is 0 Å². The summed E-state index contributed by atoms with van der Waals surface area (Å²) in [6.07, 6.45) is 1.74. The standard InChI is InChI=1S/C18H20N6O3S3/c1-11-3-6-13(7-4-11)30(25,26)24-17(28-2)21-9-12-5-8-15(27-12)14-10-29-18(22-14)23-16(19)20/h3-8,10H,9H2,1-2H3,(H,21,24)(H4,19,20,22,23). The van der Waals surface area contributed by atoms with Crippen molar-refractivity contribution in [2.45, 2.75) is 18.4 Å². The highest BCUT2D eigenvalue weighted by Crippen LogP contribution is 2.28. The third kappa shape index (κ3) is 5.62. The molecule has 0 aliphatic carbocycles. The molecule has 30 heavy (non-hydrogen) atoms. The van der Waals surface area contributed by atoms with Gasteiger partial charge in [0.25, 0.3) is 10.0 Å². The molecule has 0 saturated heterocycles. The number of nitrogens with one attached hydrogen (secondary N) is 1.